The van der Waals surface area contributed by atoms with Crippen LogP contribution in [-0.2, 0) is 11.3 Å². The molecular weight excluding hydrogens is 391 g/mol. The third kappa shape index (κ3) is 5.47. The third-order valence-corrected chi connectivity index (χ3v) is 5.54. The van der Waals surface area contributed by atoms with Crippen LogP contribution in [0.15, 0.2) is 42.5 Å². The van der Waals surface area contributed by atoms with Crippen molar-refractivity contribution in [3.8, 4) is 5.75 Å². The number of ether oxygens (including phenoxy) is 1. The lowest BCUT2D eigenvalue weighted by atomic mass is 10.2. The Morgan fingerprint density at radius 3 is 2.58 bits per heavy atom. The molecule has 1 amide bonds. The summed E-state index contributed by atoms with van der Waals surface area (Å²) in [5.41, 5.74) is 2.29. The maximum atomic E-state index is 12.0. The van der Waals surface area contributed by atoms with Gasteiger partial charge in [0.05, 0.1) is 5.02 Å². The summed E-state index contributed by atoms with van der Waals surface area (Å²) in [7, 11) is 0. The summed E-state index contributed by atoms with van der Waals surface area (Å²) in [6.45, 7) is 2.53. The number of rotatable bonds is 6. The minimum Gasteiger partial charge on any atom is -0.482 e. The molecule has 3 rings (SSSR count). The molecule has 138 valence electrons. The maximum absolute atomic E-state index is 12.0. The SMILES string of the molecule is O=C(COc1cc(Cl)ccc1Cl)NCc1ccc(N2CCSCC2)cc1. The Bertz CT molecular complexity index is 750. The first-order valence-electron chi connectivity index (χ1n) is 8.38. The van der Waals surface area contributed by atoms with Gasteiger partial charge >= 0.3 is 0 Å². The second-order valence-corrected chi connectivity index (χ2v) is 7.97. The molecule has 1 heterocycles. The minimum absolute atomic E-state index is 0.108. The quantitative estimate of drug-likeness (QED) is 0.772. The number of anilines is 1. The van der Waals surface area contributed by atoms with Crippen molar-refractivity contribution >= 4 is 46.6 Å². The van der Waals surface area contributed by atoms with Crippen molar-refractivity contribution in [1.29, 1.82) is 0 Å². The molecule has 7 heteroatoms. The lowest BCUT2D eigenvalue weighted by Gasteiger charge is -2.28. The van der Waals surface area contributed by atoms with Crippen molar-refractivity contribution in [2.45, 2.75) is 6.54 Å². The van der Waals surface area contributed by atoms with Gasteiger partial charge in [-0.2, -0.15) is 11.8 Å². The summed E-state index contributed by atoms with van der Waals surface area (Å²) in [4.78, 5) is 14.4. The predicted octanol–water partition coefficient (Wildman–Crippen LogP) is 4.24. The maximum Gasteiger partial charge on any atom is 0.258 e. The van der Waals surface area contributed by atoms with Gasteiger partial charge in [0.1, 0.15) is 5.75 Å². The van der Waals surface area contributed by atoms with Crippen LogP contribution >= 0.6 is 35.0 Å². The second-order valence-electron chi connectivity index (χ2n) is 5.91. The fourth-order valence-electron chi connectivity index (χ4n) is 2.63. The average molecular weight is 411 g/mol. The Hall–Kier alpha value is -1.56. The number of thioether (sulfide) groups is 1. The summed E-state index contributed by atoms with van der Waals surface area (Å²) in [6, 6.07) is 13.2. The molecule has 0 saturated carbocycles. The molecule has 1 fully saturated rings. The average Bonchev–Trinajstić information content (AvgIpc) is 2.68. The summed E-state index contributed by atoms with van der Waals surface area (Å²) in [5.74, 6) is 2.54. The van der Waals surface area contributed by atoms with Crippen LogP contribution < -0.4 is 15.0 Å². The van der Waals surface area contributed by atoms with Crippen molar-refractivity contribution < 1.29 is 9.53 Å². The highest BCUT2D eigenvalue weighted by atomic mass is 35.5. The molecule has 1 N–H and O–H groups in total. The molecule has 1 aliphatic rings. The van der Waals surface area contributed by atoms with Gasteiger partial charge in [-0.3, -0.25) is 4.79 Å². The Morgan fingerprint density at radius 2 is 1.85 bits per heavy atom. The highest BCUT2D eigenvalue weighted by molar-refractivity contribution is 7.99. The van der Waals surface area contributed by atoms with Crippen molar-refractivity contribution in [1.82, 2.24) is 5.32 Å². The Morgan fingerprint density at radius 1 is 1.12 bits per heavy atom. The molecule has 0 aliphatic carbocycles. The van der Waals surface area contributed by atoms with Crippen LogP contribution in [0.25, 0.3) is 0 Å². The molecule has 0 unspecified atom stereocenters. The van der Waals surface area contributed by atoms with Crippen molar-refractivity contribution in [3.63, 3.8) is 0 Å². The number of halogens is 2. The molecule has 0 spiro atoms. The van der Waals surface area contributed by atoms with E-state index in [-0.39, 0.29) is 12.5 Å². The molecule has 0 aromatic heterocycles. The smallest absolute Gasteiger partial charge is 0.258 e. The topological polar surface area (TPSA) is 41.6 Å². The number of hydrogen-bond acceptors (Lipinski definition) is 4. The van der Waals surface area contributed by atoms with Gasteiger partial charge in [0.25, 0.3) is 5.91 Å². The highest BCUT2D eigenvalue weighted by Crippen LogP contribution is 2.27. The van der Waals surface area contributed by atoms with Crippen LogP contribution in [-0.4, -0.2) is 37.1 Å². The monoisotopic (exact) mass is 410 g/mol. The second kappa shape index (κ2) is 9.40. The summed E-state index contributed by atoms with van der Waals surface area (Å²) >= 11 is 13.9. The fraction of sp³-hybridized carbons (Fsp3) is 0.316. The van der Waals surface area contributed by atoms with Crippen molar-refractivity contribution in [2.75, 3.05) is 36.1 Å². The van der Waals surface area contributed by atoms with E-state index in [4.69, 9.17) is 27.9 Å². The van der Waals surface area contributed by atoms with Crippen LogP contribution in [0, 0.1) is 0 Å². The zero-order valence-electron chi connectivity index (χ0n) is 14.2. The standard InChI is InChI=1S/C19H20Cl2N2O2S/c20-15-3-6-17(21)18(11-15)25-13-19(24)22-12-14-1-4-16(5-2-14)23-7-9-26-10-8-23/h1-6,11H,7-10,12-13H2,(H,22,24). The number of nitrogens with zero attached hydrogens (tertiary/aromatic N) is 1. The first kappa shape index (κ1) is 19.2. The number of carbonyl (C=O) groups excluding carboxylic acids is 1. The van der Waals surface area contributed by atoms with Crippen molar-refractivity contribution in [2.24, 2.45) is 0 Å². The molecule has 26 heavy (non-hydrogen) atoms. The van der Waals surface area contributed by atoms with E-state index in [2.05, 4.69) is 22.3 Å². The summed E-state index contributed by atoms with van der Waals surface area (Å²) < 4.78 is 5.43. The van der Waals surface area contributed by atoms with Crippen LogP contribution in [0.3, 0.4) is 0 Å². The Balaban J connectivity index is 1.46. The predicted molar refractivity (Wildman–Crippen MR) is 110 cm³/mol. The van der Waals surface area contributed by atoms with Crippen LogP contribution in [0.4, 0.5) is 5.69 Å². The largest absolute Gasteiger partial charge is 0.482 e. The van der Waals surface area contributed by atoms with Crippen LogP contribution in [0.5, 0.6) is 5.75 Å². The molecule has 2 aromatic rings. The molecule has 0 radical (unpaired) electrons. The van der Waals surface area contributed by atoms with E-state index in [1.54, 1.807) is 18.2 Å². The molecule has 4 nitrogen and oxygen atoms in total. The van der Waals surface area contributed by atoms with Gasteiger partial charge in [0.2, 0.25) is 0 Å². The van der Waals surface area contributed by atoms with Gasteiger partial charge < -0.3 is 15.0 Å². The minimum atomic E-state index is -0.210. The van der Waals surface area contributed by atoms with E-state index < -0.39 is 0 Å². The number of carbonyl (C=O) groups is 1. The van der Waals surface area contributed by atoms with Gasteiger partial charge in [0.15, 0.2) is 6.61 Å². The Labute approximate surface area is 167 Å². The summed E-state index contributed by atoms with van der Waals surface area (Å²) in [6.07, 6.45) is 0. The number of hydrogen-bond donors (Lipinski definition) is 1. The van der Waals surface area contributed by atoms with E-state index in [1.165, 1.54) is 17.2 Å². The Kier molecular flexibility index (Phi) is 6.94. The lowest BCUT2D eigenvalue weighted by molar-refractivity contribution is -0.123. The molecule has 0 bridgehead atoms. The highest BCUT2D eigenvalue weighted by Gasteiger charge is 2.11. The van der Waals surface area contributed by atoms with Gasteiger partial charge in [-0.25, -0.2) is 0 Å². The summed E-state index contributed by atoms with van der Waals surface area (Å²) in [5, 5.41) is 3.78. The van der Waals surface area contributed by atoms with Gasteiger partial charge in [-0.1, -0.05) is 35.3 Å². The molecule has 1 aliphatic heterocycles. The molecule has 0 atom stereocenters. The van der Waals surface area contributed by atoms with Gasteiger partial charge in [0, 0.05) is 47.9 Å². The van der Waals surface area contributed by atoms with E-state index in [1.807, 2.05) is 23.9 Å². The van der Waals surface area contributed by atoms with Gasteiger partial charge in [-0.15, -0.1) is 0 Å². The molecule has 2 aromatic carbocycles. The van der Waals surface area contributed by atoms with E-state index in [9.17, 15) is 4.79 Å². The molecule has 1 saturated heterocycles. The number of nitrogens with one attached hydrogen (secondary N) is 1. The van der Waals surface area contributed by atoms with Crippen LogP contribution in [0.1, 0.15) is 5.56 Å². The number of amides is 1. The first-order chi connectivity index (χ1) is 12.6. The lowest BCUT2D eigenvalue weighted by Crippen LogP contribution is -2.32. The van der Waals surface area contributed by atoms with Crippen molar-refractivity contribution in [3.05, 3.63) is 58.1 Å². The van der Waals surface area contributed by atoms with Gasteiger partial charge in [-0.05, 0) is 29.8 Å². The first-order valence-corrected chi connectivity index (χ1v) is 10.3. The zero-order valence-corrected chi connectivity index (χ0v) is 16.5. The van der Waals surface area contributed by atoms with E-state index in [0.29, 0.717) is 22.3 Å². The van der Waals surface area contributed by atoms with Crippen LogP contribution in [0.2, 0.25) is 10.0 Å². The van der Waals surface area contributed by atoms with E-state index in [0.717, 1.165) is 18.7 Å². The number of benzene rings is 2. The van der Waals surface area contributed by atoms with E-state index >= 15 is 0 Å². The third-order valence-electron chi connectivity index (χ3n) is 4.05. The zero-order chi connectivity index (χ0) is 18.4. The molecular formula is C19H20Cl2N2O2S. The fourth-order valence-corrected chi connectivity index (χ4v) is 3.87. The normalized spacial score (nSPS) is 14.2.